The van der Waals surface area contributed by atoms with E-state index in [4.69, 9.17) is 5.73 Å². The van der Waals surface area contributed by atoms with Gasteiger partial charge in [-0.25, -0.2) is 0 Å². The zero-order valence-electron chi connectivity index (χ0n) is 8.70. The first-order valence-electron chi connectivity index (χ1n) is 5.03. The van der Waals surface area contributed by atoms with Gasteiger partial charge in [0, 0.05) is 30.2 Å². The lowest BCUT2D eigenvalue weighted by molar-refractivity contribution is 0.700. The minimum atomic E-state index is 0.154. The molecule has 0 amide bonds. The number of nitrogens with zero attached hydrogens (tertiary/aromatic N) is 1. The van der Waals surface area contributed by atoms with Crippen LogP contribution in [-0.2, 0) is 7.05 Å². The lowest BCUT2D eigenvalue weighted by Crippen LogP contribution is -2.07. The molecular weight excluding hydrogens is 172 g/mol. The second-order valence-electron chi connectivity index (χ2n) is 3.73. The minimum absolute atomic E-state index is 0.154. The largest absolute Gasteiger partial charge is 0.350 e. The van der Waals surface area contributed by atoms with Crippen molar-refractivity contribution in [3.8, 4) is 0 Å². The number of aromatic nitrogens is 1. The Balaban J connectivity index is 2.66. The number of nitrogens with two attached hydrogens (primary N) is 1. The number of hydrogen-bond acceptors (Lipinski definition) is 1. The van der Waals surface area contributed by atoms with E-state index in [2.05, 4.69) is 49.0 Å². The molecule has 14 heavy (non-hydrogen) atoms. The number of rotatable bonds is 2. The van der Waals surface area contributed by atoms with Crippen LogP contribution in [0.4, 0.5) is 0 Å². The molecule has 1 aromatic heterocycles. The highest BCUT2D eigenvalue weighted by Crippen LogP contribution is 2.25. The van der Waals surface area contributed by atoms with Crippen LogP contribution in [0.1, 0.15) is 24.9 Å². The molecule has 0 radical (unpaired) electrons. The molecule has 1 atom stereocenters. The molecule has 0 saturated carbocycles. The van der Waals surface area contributed by atoms with Crippen molar-refractivity contribution in [1.29, 1.82) is 0 Å². The van der Waals surface area contributed by atoms with Crippen molar-refractivity contribution < 1.29 is 0 Å². The number of para-hydroxylation sites is 1. The number of benzene rings is 1. The van der Waals surface area contributed by atoms with E-state index in [0.717, 1.165) is 6.42 Å². The maximum Gasteiger partial charge on any atom is 0.0481 e. The molecule has 0 unspecified atom stereocenters. The van der Waals surface area contributed by atoms with E-state index in [0.29, 0.717) is 0 Å². The van der Waals surface area contributed by atoms with Gasteiger partial charge < -0.3 is 10.3 Å². The van der Waals surface area contributed by atoms with Crippen LogP contribution in [0.15, 0.2) is 30.5 Å². The molecule has 0 aliphatic heterocycles. The molecule has 2 nitrogen and oxygen atoms in total. The van der Waals surface area contributed by atoms with Crippen LogP contribution in [0.2, 0.25) is 0 Å². The molecule has 74 valence electrons. The van der Waals surface area contributed by atoms with Crippen LogP contribution in [0.25, 0.3) is 10.9 Å². The van der Waals surface area contributed by atoms with Gasteiger partial charge in [-0.3, -0.25) is 0 Å². The fraction of sp³-hybridized carbons (Fsp3) is 0.333. The lowest BCUT2D eigenvalue weighted by atomic mass is 10.1. The first-order chi connectivity index (χ1) is 6.74. The van der Waals surface area contributed by atoms with Gasteiger partial charge in [0.2, 0.25) is 0 Å². The Morgan fingerprint density at radius 3 is 2.79 bits per heavy atom. The number of hydrogen-bond donors (Lipinski definition) is 1. The molecule has 0 saturated heterocycles. The van der Waals surface area contributed by atoms with E-state index >= 15 is 0 Å². The van der Waals surface area contributed by atoms with E-state index in [1.54, 1.807) is 0 Å². The summed E-state index contributed by atoms with van der Waals surface area (Å²) in [5, 5.41) is 1.28. The molecule has 0 aliphatic carbocycles. The standard InChI is InChI=1S/C12H16N2/c1-3-11(13)10-8-14(2)12-7-5-4-6-9(10)12/h4-8,11H,3,13H2,1-2H3/t11-/m0/s1. The Labute approximate surface area is 84.3 Å². The molecule has 2 rings (SSSR count). The number of aryl methyl sites for hydroxylation is 1. The van der Waals surface area contributed by atoms with E-state index in [-0.39, 0.29) is 6.04 Å². The minimum Gasteiger partial charge on any atom is -0.350 e. The van der Waals surface area contributed by atoms with Crippen molar-refractivity contribution in [2.24, 2.45) is 12.8 Å². The van der Waals surface area contributed by atoms with Gasteiger partial charge in [0.25, 0.3) is 0 Å². The topological polar surface area (TPSA) is 30.9 Å². The third kappa shape index (κ3) is 1.32. The zero-order chi connectivity index (χ0) is 10.1. The van der Waals surface area contributed by atoms with Gasteiger partial charge in [-0.05, 0) is 18.1 Å². The molecule has 0 fully saturated rings. The molecular formula is C12H16N2. The molecule has 0 aliphatic rings. The Hall–Kier alpha value is -1.28. The van der Waals surface area contributed by atoms with Gasteiger partial charge in [0.1, 0.15) is 0 Å². The summed E-state index contributed by atoms with van der Waals surface area (Å²) in [4.78, 5) is 0. The van der Waals surface area contributed by atoms with E-state index in [1.165, 1.54) is 16.5 Å². The van der Waals surface area contributed by atoms with Crippen molar-refractivity contribution >= 4 is 10.9 Å². The van der Waals surface area contributed by atoms with Crippen LogP contribution < -0.4 is 5.73 Å². The summed E-state index contributed by atoms with van der Waals surface area (Å²) in [6.07, 6.45) is 3.12. The SMILES string of the molecule is CC[C@H](N)c1cn(C)c2ccccc12. The van der Waals surface area contributed by atoms with Crippen LogP contribution in [-0.4, -0.2) is 4.57 Å². The third-order valence-corrected chi connectivity index (χ3v) is 2.77. The monoisotopic (exact) mass is 188 g/mol. The van der Waals surface area contributed by atoms with E-state index < -0.39 is 0 Å². The Morgan fingerprint density at radius 2 is 2.07 bits per heavy atom. The predicted octanol–water partition coefficient (Wildman–Crippen LogP) is 2.59. The average molecular weight is 188 g/mol. The number of fused-ring (bicyclic) bond motifs is 1. The van der Waals surface area contributed by atoms with Crippen molar-refractivity contribution in [3.63, 3.8) is 0 Å². The fourth-order valence-electron chi connectivity index (χ4n) is 1.89. The molecule has 1 aromatic carbocycles. The predicted molar refractivity (Wildman–Crippen MR) is 60.1 cm³/mol. The zero-order valence-corrected chi connectivity index (χ0v) is 8.70. The highest BCUT2D eigenvalue weighted by Gasteiger charge is 2.10. The van der Waals surface area contributed by atoms with Crippen molar-refractivity contribution in [2.45, 2.75) is 19.4 Å². The summed E-state index contributed by atoms with van der Waals surface area (Å²) < 4.78 is 2.14. The maximum atomic E-state index is 6.06. The van der Waals surface area contributed by atoms with Gasteiger partial charge in [-0.15, -0.1) is 0 Å². The molecule has 1 heterocycles. The van der Waals surface area contributed by atoms with Crippen molar-refractivity contribution in [2.75, 3.05) is 0 Å². The first kappa shape index (κ1) is 9.28. The second-order valence-corrected chi connectivity index (χ2v) is 3.73. The van der Waals surface area contributed by atoms with Gasteiger partial charge in [0.05, 0.1) is 0 Å². The van der Waals surface area contributed by atoms with Crippen LogP contribution in [0.5, 0.6) is 0 Å². The summed E-state index contributed by atoms with van der Waals surface area (Å²) >= 11 is 0. The van der Waals surface area contributed by atoms with Gasteiger partial charge >= 0.3 is 0 Å². The fourth-order valence-corrected chi connectivity index (χ4v) is 1.89. The summed E-state index contributed by atoms with van der Waals surface area (Å²) in [5.74, 6) is 0. The molecule has 2 aromatic rings. The average Bonchev–Trinajstić information content (AvgIpc) is 2.56. The summed E-state index contributed by atoms with van der Waals surface area (Å²) in [7, 11) is 2.06. The van der Waals surface area contributed by atoms with Gasteiger partial charge in [0.15, 0.2) is 0 Å². The van der Waals surface area contributed by atoms with Crippen molar-refractivity contribution in [1.82, 2.24) is 4.57 Å². The van der Waals surface area contributed by atoms with Crippen LogP contribution in [0, 0.1) is 0 Å². The van der Waals surface area contributed by atoms with E-state index in [9.17, 15) is 0 Å². The summed E-state index contributed by atoms with van der Waals surface area (Å²) in [6, 6.07) is 8.54. The Morgan fingerprint density at radius 1 is 1.36 bits per heavy atom. The normalized spacial score (nSPS) is 13.4. The highest BCUT2D eigenvalue weighted by molar-refractivity contribution is 5.84. The molecule has 0 bridgehead atoms. The van der Waals surface area contributed by atoms with Crippen molar-refractivity contribution in [3.05, 3.63) is 36.0 Å². The Kier molecular flexibility index (Phi) is 2.30. The lowest BCUT2D eigenvalue weighted by Gasteiger charge is -2.06. The van der Waals surface area contributed by atoms with Crippen LogP contribution in [0.3, 0.4) is 0 Å². The summed E-state index contributed by atoms with van der Waals surface area (Å²) in [6.45, 7) is 2.12. The highest BCUT2D eigenvalue weighted by atomic mass is 14.9. The molecule has 2 heteroatoms. The maximum absolute atomic E-state index is 6.06. The second kappa shape index (κ2) is 3.46. The molecule has 0 spiro atoms. The van der Waals surface area contributed by atoms with Crippen LogP contribution >= 0.6 is 0 Å². The summed E-state index contributed by atoms with van der Waals surface area (Å²) in [5.41, 5.74) is 8.57. The smallest absolute Gasteiger partial charge is 0.0481 e. The van der Waals surface area contributed by atoms with Gasteiger partial charge in [-0.2, -0.15) is 0 Å². The van der Waals surface area contributed by atoms with Gasteiger partial charge in [-0.1, -0.05) is 25.1 Å². The Bertz CT molecular complexity index is 443. The molecule has 2 N–H and O–H groups in total. The third-order valence-electron chi connectivity index (χ3n) is 2.77. The van der Waals surface area contributed by atoms with E-state index in [1.807, 2.05) is 0 Å². The first-order valence-corrected chi connectivity index (χ1v) is 5.03. The quantitative estimate of drug-likeness (QED) is 0.771.